The molecule has 10 nitrogen and oxygen atoms in total. The minimum atomic E-state index is -0.881. The molecule has 2 heterocycles. The minimum Gasteiger partial charge on any atom is -0.497 e. The number of ether oxygens (including phenoxy) is 1. The lowest BCUT2D eigenvalue weighted by atomic mass is 9.85. The van der Waals surface area contributed by atoms with Crippen LogP contribution in [0.5, 0.6) is 5.75 Å². The number of amides is 2. The molecule has 0 unspecified atom stereocenters. The van der Waals surface area contributed by atoms with Crippen molar-refractivity contribution in [3.8, 4) is 5.75 Å². The third-order valence-electron chi connectivity index (χ3n) is 6.26. The fourth-order valence-corrected chi connectivity index (χ4v) is 4.26. The number of nitro groups is 1. The molecule has 1 N–H and O–H groups in total. The Kier molecular flexibility index (Phi) is 6.54. The number of imidazole rings is 1. The van der Waals surface area contributed by atoms with Crippen LogP contribution >= 0.6 is 0 Å². The molecule has 2 aromatic carbocycles. The van der Waals surface area contributed by atoms with Crippen molar-refractivity contribution in [3.05, 3.63) is 76.4 Å². The van der Waals surface area contributed by atoms with Crippen LogP contribution in [0.1, 0.15) is 42.6 Å². The molecular formula is C25H27N5O5. The van der Waals surface area contributed by atoms with Gasteiger partial charge in [0.2, 0.25) is 5.91 Å². The van der Waals surface area contributed by atoms with Crippen molar-refractivity contribution in [3.63, 3.8) is 0 Å². The molecule has 0 atom stereocenters. The van der Waals surface area contributed by atoms with Gasteiger partial charge in [-0.1, -0.05) is 0 Å². The molecule has 0 fully saturated rings. The predicted molar refractivity (Wildman–Crippen MR) is 131 cm³/mol. The number of carbonyl (C=O) groups is 2. The molecule has 10 heteroatoms. The number of carbonyl (C=O) groups excluding carboxylic acids is 2. The number of anilines is 2. The molecule has 0 saturated carbocycles. The Morgan fingerprint density at radius 3 is 2.51 bits per heavy atom. The number of fused-ring (bicyclic) bond motifs is 1. The highest BCUT2D eigenvalue weighted by molar-refractivity contribution is 6.10. The van der Waals surface area contributed by atoms with E-state index in [0.29, 0.717) is 29.1 Å². The van der Waals surface area contributed by atoms with Crippen LogP contribution in [0.4, 0.5) is 17.1 Å². The highest BCUT2D eigenvalue weighted by Gasteiger charge is 2.45. The molecule has 182 valence electrons. The average Bonchev–Trinajstić information content (AvgIpc) is 3.42. The predicted octanol–water partition coefficient (Wildman–Crippen LogP) is 4.16. The zero-order valence-electron chi connectivity index (χ0n) is 19.9. The molecule has 35 heavy (non-hydrogen) atoms. The van der Waals surface area contributed by atoms with Crippen molar-refractivity contribution in [1.29, 1.82) is 0 Å². The van der Waals surface area contributed by atoms with E-state index in [1.165, 1.54) is 13.2 Å². The molecule has 1 aliphatic rings. The summed E-state index contributed by atoms with van der Waals surface area (Å²) in [6.07, 6.45) is 6.89. The molecule has 0 saturated heterocycles. The number of aromatic nitrogens is 2. The van der Waals surface area contributed by atoms with Crippen molar-refractivity contribution in [2.75, 3.05) is 23.9 Å². The van der Waals surface area contributed by atoms with Gasteiger partial charge in [0.1, 0.15) is 11.4 Å². The average molecular weight is 478 g/mol. The number of aryl methyl sites for hydroxylation is 1. The monoisotopic (exact) mass is 477 g/mol. The molecule has 0 aliphatic carbocycles. The molecule has 3 aromatic rings. The zero-order chi connectivity index (χ0) is 25.2. The maximum atomic E-state index is 13.2. The van der Waals surface area contributed by atoms with E-state index in [0.717, 1.165) is 19.4 Å². The summed E-state index contributed by atoms with van der Waals surface area (Å²) in [7, 11) is 1.52. The van der Waals surface area contributed by atoms with Gasteiger partial charge in [0.25, 0.3) is 11.6 Å². The smallest absolute Gasteiger partial charge is 0.294 e. The normalized spacial score (nSPS) is 14.0. The van der Waals surface area contributed by atoms with Crippen LogP contribution in [-0.4, -0.2) is 39.9 Å². The number of rotatable bonds is 9. The van der Waals surface area contributed by atoms with Gasteiger partial charge in [-0.2, -0.15) is 0 Å². The number of unbranched alkanes of at least 4 members (excludes halogenated alkanes) is 1. The molecule has 1 aliphatic heterocycles. The summed E-state index contributed by atoms with van der Waals surface area (Å²) in [6.45, 7) is 4.80. The fraction of sp³-hybridized carbons (Fsp3) is 0.320. The van der Waals surface area contributed by atoms with Crippen LogP contribution in [0.15, 0.2) is 55.1 Å². The summed E-state index contributed by atoms with van der Waals surface area (Å²) in [5.41, 5.74) is 0.394. The van der Waals surface area contributed by atoms with Crippen molar-refractivity contribution < 1.29 is 19.2 Å². The Hall–Kier alpha value is -4.21. The van der Waals surface area contributed by atoms with Crippen LogP contribution < -0.4 is 15.0 Å². The van der Waals surface area contributed by atoms with Crippen LogP contribution in [0, 0.1) is 10.1 Å². The van der Waals surface area contributed by atoms with Crippen molar-refractivity contribution in [2.24, 2.45) is 0 Å². The second-order valence-corrected chi connectivity index (χ2v) is 8.92. The van der Waals surface area contributed by atoms with Gasteiger partial charge in [-0.25, -0.2) is 4.98 Å². The largest absolute Gasteiger partial charge is 0.497 e. The van der Waals surface area contributed by atoms with E-state index >= 15 is 0 Å². The van der Waals surface area contributed by atoms with Crippen LogP contribution in [0.3, 0.4) is 0 Å². The summed E-state index contributed by atoms with van der Waals surface area (Å²) in [4.78, 5) is 43.0. The van der Waals surface area contributed by atoms with Gasteiger partial charge in [0.05, 0.1) is 29.5 Å². The number of nitrogens with zero attached hydrogens (tertiary/aromatic N) is 4. The van der Waals surface area contributed by atoms with E-state index in [1.807, 2.05) is 10.8 Å². The quantitative estimate of drug-likeness (QED) is 0.281. The Morgan fingerprint density at radius 1 is 1.17 bits per heavy atom. The lowest BCUT2D eigenvalue weighted by molar-refractivity contribution is -0.383. The highest BCUT2D eigenvalue weighted by Crippen LogP contribution is 2.46. The van der Waals surface area contributed by atoms with Crippen LogP contribution in [0.2, 0.25) is 0 Å². The fourth-order valence-electron chi connectivity index (χ4n) is 4.26. The maximum absolute atomic E-state index is 13.2. The number of hydrogen-bond donors (Lipinski definition) is 1. The molecule has 0 spiro atoms. The first kappa shape index (κ1) is 23.9. The first-order valence-electron chi connectivity index (χ1n) is 11.3. The second-order valence-electron chi connectivity index (χ2n) is 8.92. The Labute approximate surface area is 202 Å². The van der Waals surface area contributed by atoms with E-state index in [9.17, 15) is 19.7 Å². The Morgan fingerprint density at radius 2 is 1.89 bits per heavy atom. The first-order chi connectivity index (χ1) is 16.7. The molecule has 0 radical (unpaired) electrons. The lowest BCUT2D eigenvalue weighted by Crippen LogP contribution is -2.36. The van der Waals surface area contributed by atoms with Crippen molar-refractivity contribution >= 4 is 28.9 Å². The summed E-state index contributed by atoms with van der Waals surface area (Å²) >= 11 is 0. The summed E-state index contributed by atoms with van der Waals surface area (Å²) < 4.78 is 7.07. The molecule has 0 bridgehead atoms. The van der Waals surface area contributed by atoms with Crippen LogP contribution in [-0.2, 0) is 16.8 Å². The van der Waals surface area contributed by atoms with Gasteiger partial charge >= 0.3 is 0 Å². The van der Waals surface area contributed by atoms with Gasteiger partial charge in [-0.15, -0.1) is 0 Å². The topological polar surface area (TPSA) is 120 Å². The molecule has 1 aromatic heterocycles. The summed E-state index contributed by atoms with van der Waals surface area (Å²) in [5.74, 6) is -0.0207. The summed E-state index contributed by atoms with van der Waals surface area (Å²) in [6, 6.07) is 9.37. The highest BCUT2D eigenvalue weighted by atomic mass is 16.6. The zero-order valence-corrected chi connectivity index (χ0v) is 19.9. The van der Waals surface area contributed by atoms with Gasteiger partial charge in [-0.05, 0) is 62.6 Å². The number of nitrogens with one attached hydrogen (secondary N) is 1. The van der Waals surface area contributed by atoms with Gasteiger partial charge < -0.3 is 19.5 Å². The van der Waals surface area contributed by atoms with E-state index in [2.05, 4.69) is 10.3 Å². The maximum Gasteiger partial charge on any atom is 0.294 e. The van der Waals surface area contributed by atoms with Gasteiger partial charge in [0, 0.05) is 37.1 Å². The number of methoxy groups -OCH3 is 1. The second kappa shape index (κ2) is 9.57. The lowest BCUT2D eigenvalue weighted by Gasteiger charge is -2.20. The number of nitro benzene ring substituents is 1. The van der Waals surface area contributed by atoms with Gasteiger partial charge in [0.15, 0.2) is 0 Å². The molecule has 2 amide bonds. The Bertz CT molecular complexity index is 1250. The first-order valence-corrected chi connectivity index (χ1v) is 11.3. The SMILES string of the molecule is COc1ccc(C(=O)Nc2cc3c(cc2[N+](=O)[O-])N(CCCCn2ccnc2)C(=O)C3(C)C)cc1. The standard InChI is InChI=1S/C25H27N5O5/c1-25(2)19-14-20(27-23(31)17-6-8-18(35-3)9-7-17)22(30(33)34)15-21(19)29(24(25)32)12-5-4-11-28-13-10-26-16-28/h6-10,13-16H,4-5,11-12H2,1-3H3,(H,27,31). The molecule has 4 rings (SSSR count). The third-order valence-corrected chi connectivity index (χ3v) is 6.26. The Balaban J connectivity index is 1.58. The van der Waals surface area contributed by atoms with E-state index < -0.39 is 16.2 Å². The van der Waals surface area contributed by atoms with E-state index in [1.54, 1.807) is 61.6 Å². The number of benzene rings is 2. The van der Waals surface area contributed by atoms with Gasteiger partial charge in [-0.3, -0.25) is 19.7 Å². The third kappa shape index (κ3) is 4.72. The van der Waals surface area contributed by atoms with Crippen molar-refractivity contribution in [1.82, 2.24) is 9.55 Å². The van der Waals surface area contributed by atoms with Crippen molar-refractivity contribution in [2.45, 2.75) is 38.6 Å². The summed E-state index contributed by atoms with van der Waals surface area (Å²) in [5, 5.41) is 14.5. The number of hydrogen-bond acceptors (Lipinski definition) is 6. The van der Waals surface area contributed by atoms with E-state index in [4.69, 9.17) is 4.74 Å². The van der Waals surface area contributed by atoms with E-state index in [-0.39, 0.29) is 17.3 Å². The molecular weight excluding hydrogens is 450 g/mol. The minimum absolute atomic E-state index is 0.0531. The van der Waals surface area contributed by atoms with Crippen LogP contribution in [0.25, 0.3) is 0 Å².